The fourth-order valence-electron chi connectivity index (χ4n) is 2.56. The second kappa shape index (κ2) is 6.97. The Morgan fingerprint density at radius 2 is 2.29 bits per heavy atom. The van der Waals surface area contributed by atoms with E-state index in [1.165, 1.54) is 0 Å². The van der Waals surface area contributed by atoms with Gasteiger partial charge in [0.2, 0.25) is 5.91 Å². The quantitative estimate of drug-likeness (QED) is 0.713. The summed E-state index contributed by atoms with van der Waals surface area (Å²) in [4.78, 5) is 14.4. The van der Waals surface area contributed by atoms with E-state index in [1.807, 2.05) is 11.9 Å². The second-order valence-corrected chi connectivity index (χ2v) is 4.99. The van der Waals surface area contributed by atoms with Crippen LogP contribution in [0.15, 0.2) is 0 Å². The molecule has 4 nitrogen and oxygen atoms in total. The molecule has 100 valence electrons. The van der Waals surface area contributed by atoms with Gasteiger partial charge in [-0.3, -0.25) is 4.79 Å². The molecule has 0 aromatic heterocycles. The van der Waals surface area contributed by atoms with Crippen molar-refractivity contribution in [1.29, 1.82) is 0 Å². The van der Waals surface area contributed by atoms with Crippen LogP contribution in [0, 0.1) is 5.41 Å². The Morgan fingerprint density at radius 1 is 1.53 bits per heavy atom. The highest BCUT2D eigenvalue weighted by Crippen LogP contribution is 2.31. The molecule has 0 spiro atoms. The van der Waals surface area contributed by atoms with Gasteiger partial charge in [-0.1, -0.05) is 6.92 Å². The number of rotatable bonds is 6. The van der Waals surface area contributed by atoms with Gasteiger partial charge in [-0.25, -0.2) is 0 Å². The summed E-state index contributed by atoms with van der Waals surface area (Å²) >= 11 is 0. The van der Waals surface area contributed by atoms with Crippen LogP contribution in [0.3, 0.4) is 0 Å². The molecule has 1 fully saturated rings. The van der Waals surface area contributed by atoms with Gasteiger partial charge in [0.25, 0.3) is 0 Å². The fraction of sp³-hybridized carbons (Fsp3) is 0.923. The van der Waals surface area contributed by atoms with Crippen molar-refractivity contribution in [3.8, 4) is 0 Å². The van der Waals surface area contributed by atoms with Crippen molar-refractivity contribution in [2.75, 3.05) is 40.4 Å². The molecular formula is C13H26N2O2. The molecule has 4 heteroatoms. The molecule has 1 rings (SSSR count). The molecular weight excluding hydrogens is 216 g/mol. The molecule has 0 radical (unpaired) electrons. The van der Waals surface area contributed by atoms with Crippen molar-refractivity contribution in [3.05, 3.63) is 0 Å². The summed E-state index contributed by atoms with van der Waals surface area (Å²) in [6.45, 7) is 5.50. The zero-order valence-corrected chi connectivity index (χ0v) is 11.4. The van der Waals surface area contributed by atoms with Crippen molar-refractivity contribution in [2.45, 2.75) is 32.6 Å². The molecule has 0 aromatic rings. The Hall–Kier alpha value is -0.610. The van der Waals surface area contributed by atoms with Gasteiger partial charge in [0, 0.05) is 33.9 Å². The first kappa shape index (κ1) is 14.5. The zero-order valence-electron chi connectivity index (χ0n) is 11.4. The monoisotopic (exact) mass is 242 g/mol. The van der Waals surface area contributed by atoms with Crippen LogP contribution in [0.2, 0.25) is 0 Å². The maximum atomic E-state index is 12.5. The number of nitrogens with zero attached hydrogens (tertiary/aromatic N) is 1. The van der Waals surface area contributed by atoms with Gasteiger partial charge in [0.15, 0.2) is 0 Å². The molecule has 0 saturated carbocycles. The number of nitrogens with one attached hydrogen (secondary N) is 1. The van der Waals surface area contributed by atoms with Gasteiger partial charge in [-0.2, -0.15) is 0 Å². The molecule has 1 N–H and O–H groups in total. The van der Waals surface area contributed by atoms with Gasteiger partial charge in [-0.15, -0.1) is 0 Å². The van der Waals surface area contributed by atoms with E-state index in [4.69, 9.17) is 4.74 Å². The van der Waals surface area contributed by atoms with E-state index in [-0.39, 0.29) is 5.41 Å². The molecule has 0 bridgehead atoms. The first-order chi connectivity index (χ1) is 8.16. The number of hydrogen-bond donors (Lipinski definition) is 1. The van der Waals surface area contributed by atoms with Crippen LogP contribution in [0.5, 0.6) is 0 Å². The normalized spacial score (nSPS) is 24.6. The van der Waals surface area contributed by atoms with Gasteiger partial charge in [-0.05, 0) is 32.2 Å². The smallest absolute Gasteiger partial charge is 0.229 e. The summed E-state index contributed by atoms with van der Waals surface area (Å²) in [6.07, 6.45) is 3.95. The Labute approximate surface area is 105 Å². The highest BCUT2D eigenvalue weighted by atomic mass is 16.5. The number of amides is 1. The molecule has 1 aliphatic rings. The van der Waals surface area contributed by atoms with E-state index in [1.54, 1.807) is 7.11 Å². The first-order valence-corrected chi connectivity index (χ1v) is 6.61. The lowest BCUT2D eigenvalue weighted by Crippen LogP contribution is -2.50. The minimum Gasteiger partial charge on any atom is -0.385 e. The van der Waals surface area contributed by atoms with Crippen LogP contribution >= 0.6 is 0 Å². The van der Waals surface area contributed by atoms with Crippen molar-refractivity contribution in [2.24, 2.45) is 5.41 Å². The summed E-state index contributed by atoms with van der Waals surface area (Å²) in [7, 11) is 3.60. The summed E-state index contributed by atoms with van der Waals surface area (Å²) in [5.74, 6) is 0.295. The van der Waals surface area contributed by atoms with Gasteiger partial charge in [0.05, 0.1) is 5.41 Å². The average molecular weight is 242 g/mol. The summed E-state index contributed by atoms with van der Waals surface area (Å²) in [5, 5.41) is 3.36. The third-order valence-corrected chi connectivity index (χ3v) is 3.79. The molecule has 0 aliphatic carbocycles. The van der Waals surface area contributed by atoms with Crippen molar-refractivity contribution in [1.82, 2.24) is 10.2 Å². The Balaban J connectivity index is 2.52. The van der Waals surface area contributed by atoms with E-state index in [9.17, 15) is 4.79 Å². The number of carbonyl (C=O) groups excluding carboxylic acids is 1. The SMILES string of the molecule is CCC1(C(=O)N(C)CCCOC)CCCNC1. The summed E-state index contributed by atoms with van der Waals surface area (Å²) in [6, 6.07) is 0. The Bertz CT molecular complexity index is 238. The fourth-order valence-corrected chi connectivity index (χ4v) is 2.56. The molecule has 1 heterocycles. The van der Waals surface area contributed by atoms with Gasteiger partial charge in [0.1, 0.15) is 0 Å². The van der Waals surface area contributed by atoms with E-state index in [0.717, 1.165) is 51.9 Å². The van der Waals surface area contributed by atoms with Crippen LogP contribution < -0.4 is 5.32 Å². The van der Waals surface area contributed by atoms with Crippen LogP contribution in [-0.4, -0.2) is 51.2 Å². The minimum atomic E-state index is -0.167. The molecule has 1 saturated heterocycles. The van der Waals surface area contributed by atoms with Gasteiger partial charge >= 0.3 is 0 Å². The standard InChI is InChI=1S/C13H26N2O2/c1-4-13(7-5-8-14-11-13)12(16)15(2)9-6-10-17-3/h14H,4-11H2,1-3H3. The van der Waals surface area contributed by atoms with E-state index in [0.29, 0.717) is 5.91 Å². The van der Waals surface area contributed by atoms with Crippen molar-refractivity contribution in [3.63, 3.8) is 0 Å². The third-order valence-electron chi connectivity index (χ3n) is 3.79. The van der Waals surface area contributed by atoms with E-state index < -0.39 is 0 Å². The number of hydrogen-bond acceptors (Lipinski definition) is 3. The van der Waals surface area contributed by atoms with Crippen LogP contribution in [0.1, 0.15) is 32.6 Å². The number of methoxy groups -OCH3 is 1. The lowest BCUT2D eigenvalue weighted by atomic mass is 9.77. The van der Waals surface area contributed by atoms with Crippen LogP contribution in [-0.2, 0) is 9.53 Å². The Kier molecular flexibility index (Phi) is 5.92. The lowest BCUT2D eigenvalue weighted by molar-refractivity contribution is -0.142. The second-order valence-electron chi connectivity index (χ2n) is 4.99. The molecule has 1 aliphatic heterocycles. The summed E-state index contributed by atoms with van der Waals surface area (Å²) in [5.41, 5.74) is -0.167. The minimum absolute atomic E-state index is 0.167. The molecule has 1 amide bonds. The predicted octanol–water partition coefficient (Wildman–Crippen LogP) is 1.26. The molecule has 1 atom stereocenters. The number of piperidine rings is 1. The lowest BCUT2D eigenvalue weighted by Gasteiger charge is -2.38. The van der Waals surface area contributed by atoms with Crippen LogP contribution in [0.25, 0.3) is 0 Å². The maximum Gasteiger partial charge on any atom is 0.229 e. The zero-order chi connectivity index (χ0) is 12.7. The molecule has 17 heavy (non-hydrogen) atoms. The average Bonchev–Trinajstić information content (AvgIpc) is 2.38. The van der Waals surface area contributed by atoms with E-state index in [2.05, 4.69) is 12.2 Å². The van der Waals surface area contributed by atoms with Crippen molar-refractivity contribution >= 4 is 5.91 Å². The summed E-state index contributed by atoms with van der Waals surface area (Å²) < 4.78 is 5.02. The van der Waals surface area contributed by atoms with E-state index >= 15 is 0 Å². The molecule has 1 unspecified atom stereocenters. The Morgan fingerprint density at radius 3 is 2.82 bits per heavy atom. The van der Waals surface area contributed by atoms with Gasteiger partial charge < -0.3 is 15.0 Å². The van der Waals surface area contributed by atoms with Crippen molar-refractivity contribution < 1.29 is 9.53 Å². The number of ether oxygens (including phenoxy) is 1. The molecule has 0 aromatic carbocycles. The first-order valence-electron chi connectivity index (χ1n) is 6.61. The largest absolute Gasteiger partial charge is 0.385 e. The maximum absolute atomic E-state index is 12.5. The highest BCUT2D eigenvalue weighted by Gasteiger charge is 2.39. The predicted molar refractivity (Wildman–Crippen MR) is 69.0 cm³/mol. The van der Waals surface area contributed by atoms with Crippen LogP contribution in [0.4, 0.5) is 0 Å². The third kappa shape index (κ3) is 3.68. The highest BCUT2D eigenvalue weighted by molar-refractivity contribution is 5.82. The number of carbonyl (C=O) groups is 1. The topological polar surface area (TPSA) is 41.6 Å².